The summed E-state index contributed by atoms with van der Waals surface area (Å²) in [6.07, 6.45) is 0.601. The van der Waals surface area contributed by atoms with Crippen molar-refractivity contribution in [1.29, 1.82) is 0 Å². The highest BCUT2D eigenvalue weighted by Crippen LogP contribution is 2.18. The zero-order valence-electron chi connectivity index (χ0n) is 10.4. The summed E-state index contributed by atoms with van der Waals surface area (Å²) < 4.78 is 10.8. The first-order valence-electron chi connectivity index (χ1n) is 5.72. The summed E-state index contributed by atoms with van der Waals surface area (Å²) in [6, 6.07) is 0. The van der Waals surface area contributed by atoms with E-state index >= 15 is 0 Å². The summed E-state index contributed by atoms with van der Waals surface area (Å²) in [7, 11) is 0. The second kappa shape index (κ2) is 6.86. The lowest BCUT2D eigenvalue weighted by atomic mass is 10.3. The van der Waals surface area contributed by atoms with E-state index in [1.54, 1.807) is 11.3 Å². The Morgan fingerprint density at radius 2 is 2.33 bits per heavy atom. The second-order valence-corrected chi connectivity index (χ2v) is 5.65. The Morgan fingerprint density at radius 3 is 3.06 bits per heavy atom. The monoisotopic (exact) mass is 285 g/mol. The molecule has 2 heterocycles. The van der Waals surface area contributed by atoms with Crippen LogP contribution in [0, 0.1) is 6.92 Å². The van der Waals surface area contributed by atoms with E-state index in [9.17, 15) is 0 Å². The van der Waals surface area contributed by atoms with Gasteiger partial charge in [0.2, 0.25) is 5.89 Å². The molecule has 0 unspecified atom stereocenters. The Morgan fingerprint density at radius 1 is 1.44 bits per heavy atom. The fraction of sp³-hybridized carbons (Fsp3) is 0.545. The molecule has 0 aliphatic rings. The van der Waals surface area contributed by atoms with Crippen LogP contribution in [0.5, 0.6) is 0 Å². The molecular formula is C11H15N3O2S2. The Balaban J connectivity index is 1.82. The number of hydrogen-bond acceptors (Lipinski definition) is 7. The number of rotatable bonds is 7. The summed E-state index contributed by atoms with van der Waals surface area (Å²) in [6.45, 7) is 5.39. The molecule has 0 N–H and O–H groups in total. The molecule has 0 saturated heterocycles. The molecule has 0 aliphatic heterocycles. The molecule has 0 aromatic carbocycles. The number of thioether (sulfide) groups is 1. The molecule has 7 heteroatoms. The van der Waals surface area contributed by atoms with Crippen LogP contribution in [0.1, 0.15) is 23.5 Å². The minimum Gasteiger partial charge on any atom is -0.416 e. The summed E-state index contributed by atoms with van der Waals surface area (Å²) in [5.74, 6) is 1.44. The highest BCUT2D eigenvalue weighted by Gasteiger charge is 2.09. The molecular weight excluding hydrogens is 270 g/mol. The van der Waals surface area contributed by atoms with E-state index in [1.807, 2.05) is 19.2 Å². The van der Waals surface area contributed by atoms with Gasteiger partial charge in [-0.1, -0.05) is 11.8 Å². The number of ether oxygens (including phenoxy) is 1. The molecule has 2 aromatic heterocycles. The van der Waals surface area contributed by atoms with Crippen LogP contribution in [0.3, 0.4) is 0 Å². The molecule has 0 fully saturated rings. The van der Waals surface area contributed by atoms with Gasteiger partial charge < -0.3 is 9.15 Å². The van der Waals surface area contributed by atoms with E-state index in [0.717, 1.165) is 23.1 Å². The van der Waals surface area contributed by atoms with Crippen molar-refractivity contribution in [3.63, 3.8) is 0 Å². The maximum absolute atomic E-state index is 5.53. The zero-order valence-corrected chi connectivity index (χ0v) is 12.0. The van der Waals surface area contributed by atoms with Crippen molar-refractivity contribution in [2.75, 3.05) is 19.0 Å². The third-order valence-electron chi connectivity index (χ3n) is 2.10. The molecule has 0 bridgehead atoms. The van der Waals surface area contributed by atoms with E-state index in [0.29, 0.717) is 24.1 Å². The van der Waals surface area contributed by atoms with Crippen molar-refractivity contribution in [3.05, 3.63) is 22.0 Å². The maximum Gasteiger partial charge on any atom is 0.276 e. The summed E-state index contributed by atoms with van der Waals surface area (Å²) in [4.78, 5) is 4.37. The predicted molar refractivity (Wildman–Crippen MR) is 71.2 cm³/mol. The maximum atomic E-state index is 5.53. The highest BCUT2D eigenvalue weighted by atomic mass is 32.2. The third-order valence-corrected chi connectivity index (χ3v) is 3.71. The SMILES string of the molecule is CCOCCSc1nnc(Cc2csc(C)n2)o1. The van der Waals surface area contributed by atoms with Crippen LogP contribution in [0.25, 0.3) is 0 Å². The molecule has 0 amide bonds. The van der Waals surface area contributed by atoms with E-state index in [1.165, 1.54) is 11.8 Å². The standard InChI is InChI=1S/C11H15N3O2S2/c1-3-15-4-5-17-11-14-13-10(16-11)6-9-7-18-8(2)12-9/h7H,3-6H2,1-2H3. The molecule has 2 aromatic rings. The summed E-state index contributed by atoms with van der Waals surface area (Å²) >= 11 is 3.14. The van der Waals surface area contributed by atoms with Crippen LogP contribution in [0.2, 0.25) is 0 Å². The van der Waals surface area contributed by atoms with Gasteiger partial charge in [-0.05, 0) is 13.8 Å². The fourth-order valence-corrected chi connectivity index (χ4v) is 2.59. The van der Waals surface area contributed by atoms with Crippen LogP contribution < -0.4 is 0 Å². The molecule has 0 atom stereocenters. The summed E-state index contributed by atoms with van der Waals surface area (Å²) in [5, 5.41) is 11.7. The average molecular weight is 285 g/mol. The van der Waals surface area contributed by atoms with Gasteiger partial charge in [-0.2, -0.15) is 0 Å². The van der Waals surface area contributed by atoms with Crippen molar-refractivity contribution in [1.82, 2.24) is 15.2 Å². The lowest BCUT2D eigenvalue weighted by molar-refractivity contribution is 0.164. The second-order valence-electron chi connectivity index (χ2n) is 3.54. The minimum absolute atomic E-state index is 0.594. The molecule has 2 rings (SSSR count). The van der Waals surface area contributed by atoms with Crippen LogP contribution in [0.15, 0.2) is 15.0 Å². The number of aromatic nitrogens is 3. The summed E-state index contributed by atoms with van der Waals surface area (Å²) in [5.41, 5.74) is 0.979. The zero-order chi connectivity index (χ0) is 12.8. The number of thiazole rings is 1. The Kier molecular flexibility index (Phi) is 5.15. The first kappa shape index (κ1) is 13.5. The predicted octanol–water partition coefficient (Wildman–Crippen LogP) is 2.55. The van der Waals surface area contributed by atoms with E-state index in [4.69, 9.17) is 9.15 Å². The number of hydrogen-bond donors (Lipinski definition) is 0. The van der Waals surface area contributed by atoms with Gasteiger partial charge in [0.05, 0.1) is 23.7 Å². The van der Waals surface area contributed by atoms with E-state index < -0.39 is 0 Å². The van der Waals surface area contributed by atoms with Gasteiger partial charge in [0.1, 0.15) is 0 Å². The molecule has 98 valence electrons. The van der Waals surface area contributed by atoms with Crippen LogP contribution in [-0.4, -0.2) is 34.1 Å². The van der Waals surface area contributed by atoms with Gasteiger partial charge in [0.25, 0.3) is 5.22 Å². The number of nitrogens with zero attached hydrogens (tertiary/aromatic N) is 3. The lowest BCUT2D eigenvalue weighted by Crippen LogP contribution is -1.95. The van der Waals surface area contributed by atoms with Crippen molar-refractivity contribution in [2.24, 2.45) is 0 Å². The van der Waals surface area contributed by atoms with Crippen molar-refractivity contribution >= 4 is 23.1 Å². The molecule has 0 radical (unpaired) electrons. The Hall–Kier alpha value is -0.920. The Bertz CT molecular complexity index is 484. The van der Waals surface area contributed by atoms with Crippen LogP contribution >= 0.6 is 23.1 Å². The fourth-order valence-electron chi connectivity index (χ4n) is 1.34. The first-order chi connectivity index (χ1) is 8.78. The van der Waals surface area contributed by atoms with Crippen molar-refractivity contribution in [2.45, 2.75) is 25.5 Å². The topological polar surface area (TPSA) is 61.0 Å². The molecule has 18 heavy (non-hydrogen) atoms. The Labute approximate surface area is 114 Å². The van der Waals surface area contributed by atoms with Gasteiger partial charge in [0, 0.05) is 17.7 Å². The van der Waals surface area contributed by atoms with Gasteiger partial charge in [-0.25, -0.2) is 4.98 Å². The third kappa shape index (κ3) is 4.08. The lowest BCUT2D eigenvalue weighted by Gasteiger charge is -1.96. The largest absolute Gasteiger partial charge is 0.416 e. The van der Waals surface area contributed by atoms with Gasteiger partial charge in [-0.3, -0.25) is 0 Å². The average Bonchev–Trinajstić information content (AvgIpc) is 2.95. The quantitative estimate of drug-likeness (QED) is 0.575. The van der Waals surface area contributed by atoms with Gasteiger partial charge >= 0.3 is 0 Å². The highest BCUT2D eigenvalue weighted by molar-refractivity contribution is 7.99. The van der Waals surface area contributed by atoms with Crippen molar-refractivity contribution < 1.29 is 9.15 Å². The molecule has 5 nitrogen and oxygen atoms in total. The van der Waals surface area contributed by atoms with Crippen LogP contribution in [-0.2, 0) is 11.2 Å². The minimum atomic E-state index is 0.594. The number of aryl methyl sites for hydroxylation is 1. The van der Waals surface area contributed by atoms with E-state index in [-0.39, 0.29) is 0 Å². The van der Waals surface area contributed by atoms with Gasteiger partial charge in [-0.15, -0.1) is 21.5 Å². The smallest absolute Gasteiger partial charge is 0.276 e. The van der Waals surface area contributed by atoms with E-state index in [2.05, 4.69) is 15.2 Å². The van der Waals surface area contributed by atoms with Crippen LogP contribution in [0.4, 0.5) is 0 Å². The first-order valence-corrected chi connectivity index (χ1v) is 7.58. The molecule has 0 spiro atoms. The molecule has 0 aliphatic carbocycles. The van der Waals surface area contributed by atoms with Gasteiger partial charge in [0.15, 0.2) is 0 Å². The van der Waals surface area contributed by atoms with Crippen molar-refractivity contribution in [3.8, 4) is 0 Å². The molecule has 0 saturated carbocycles. The normalized spacial score (nSPS) is 11.0.